The standard InChI is InChI=1S/C20H24F2N4O2/c1-13(2)18-23-14(3)11-17(24-18)25-7-9-26(10-8-25)19(27)15-5-4-6-16(12-15)28-20(21)22/h4-6,11-13,20H,7-10H2,1-3H3. The first-order valence-corrected chi connectivity index (χ1v) is 9.28. The monoisotopic (exact) mass is 390 g/mol. The van der Waals surface area contributed by atoms with Crippen LogP contribution in [0, 0.1) is 6.92 Å². The number of nitrogens with zero attached hydrogens (tertiary/aromatic N) is 4. The summed E-state index contributed by atoms with van der Waals surface area (Å²) in [5, 5.41) is 0. The number of anilines is 1. The molecule has 2 heterocycles. The van der Waals surface area contributed by atoms with Crippen molar-refractivity contribution in [1.29, 1.82) is 0 Å². The predicted octanol–water partition coefficient (Wildman–Crippen LogP) is 3.47. The number of piperazine rings is 1. The zero-order valence-corrected chi connectivity index (χ0v) is 16.2. The van der Waals surface area contributed by atoms with Crippen LogP contribution in [-0.2, 0) is 0 Å². The molecule has 0 radical (unpaired) electrons. The predicted molar refractivity (Wildman–Crippen MR) is 102 cm³/mol. The molecule has 0 bridgehead atoms. The van der Waals surface area contributed by atoms with Crippen molar-refractivity contribution in [2.45, 2.75) is 33.3 Å². The number of halogens is 2. The van der Waals surface area contributed by atoms with Gasteiger partial charge in [-0.25, -0.2) is 9.97 Å². The van der Waals surface area contributed by atoms with Gasteiger partial charge in [-0.15, -0.1) is 0 Å². The summed E-state index contributed by atoms with van der Waals surface area (Å²) >= 11 is 0. The maximum absolute atomic E-state index is 12.7. The third kappa shape index (κ3) is 4.74. The van der Waals surface area contributed by atoms with E-state index in [1.165, 1.54) is 18.2 Å². The van der Waals surface area contributed by atoms with Gasteiger partial charge >= 0.3 is 6.61 Å². The Kier molecular flexibility index (Phi) is 6.06. The zero-order chi connectivity index (χ0) is 20.3. The number of hydrogen-bond donors (Lipinski definition) is 0. The fraction of sp³-hybridized carbons (Fsp3) is 0.450. The van der Waals surface area contributed by atoms with Crippen molar-refractivity contribution in [1.82, 2.24) is 14.9 Å². The topological polar surface area (TPSA) is 58.6 Å². The Balaban J connectivity index is 1.66. The number of alkyl halides is 2. The minimum absolute atomic E-state index is 0.0165. The van der Waals surface area contributed by atoms with Gasteiger partial charge in [-0.2, -0.15) is 8.78 Å². The van der Waals surface area contributed by atoms with Crippen molar-refractivity contribution in [3.05, 3.63) is 47.4 Å². The Hall–Kier alpha value is -2.77. The molecular formula is C20H24F2N4O2. The van der Waals surface area contributed by atoms with Gasteiger partial charge in [-0.1, -0.05) is 19.9 Å². The Morgan fingerprint density at radius 1 is 1.11 bits per heavy atom. The summed E-state index contributed by atoms with van der Waals surface area (Å²) in [7, 11) is 0. The molecule has 1 fully saturated rings. The van der Waals surface area contributed by atoms with E-state index < -0.39 is 6.61 Å². The highest BCUT2D eigenvalue weighted by atomic mass is 19.3. The van der Waals surface area contributed by atoms with Gasteiger partial charge < -0.3 is 14.5 Å². The Labute approximate surface area is 163 Å². The van der Waals surface area contributed by atoms with Crippen LogP contribution in [0.3, 0.4) is 0 Å². The first-order chi connectivity index (χ1) is 13.3. The quantitative estimate of drug-likeness (QED) is 0.782. The third-order valence-electron chi connectivity index (χ3n) is 4.57. The normalized spacial score (nSPS) is 14.7. The van der Waals surface area contributed by atoms with Crippen LogP contribution < -0.4 is 9.64 Å². The molecule has 1 amide bonds. The summed E-state index contributed by atoms with van der Waals surface area (Å²) in [5.41, 5.74) is 1.26. The second-order valence-electron chi connectivity index (χ2n) is 7.07. The van der Waals surface area contributed by atoms with Gasteiger partial charge in [0.2, 0.25) is 0 Å². The van der Waals surface area contributed by atoms with E-state index in [0.29, 0.717) is 31.7 Å². The van der Waals surface area contributed by atoms with Crippen LogP contribution in [0.5, 0.6) is 5.75 Å². The second-order valence-corrected chi connectivity index (χ2v) is 7.07. The van der Waals surface area contributed by atoms with E-state index in [0.717, 1.165) is 17.3 Å². The first-order valence-electron chi connectivity index (χ1n) is 9.28. The highest BCUT2D eigenvalue weighted by molar-refractivity contribution is 5.94. The van der Waals surface area contributed by atoms with Crippen LogP contribution in [0.1, 0.15) is 41.6 Å². The van der Waals surface area contributed by atoms with Crippen LogP contribution >= 0.6 is 0 Å². The van der Waals surface area contributed by atoms with Crippen LogP contribution in [0.2, 0.25) is 0 Å². The molecule has 0 N–H and O–H groups in total. The number of rotatable bonds is 5. The van der Waals surface area contributed by atoms with Gasteiger partial charge in [0.15, 0.2) is 0 Å². The van der Waals surface area contributed by atoms with E-state index in [1.807, 2.05) is 13.0 Å². The molecule has 8 heteroatoms. The average molecular weight is 390 g/mol. The van der Waals surface area contributed by atoms with Crippen LogP contribution in [0.15, 0.2) is 30.3 Å². The Morgan fingerprint density at radius 3 is 2.46 bits per heavy atom. The molecule has 28 heavy (non-hydrogen) atoms. The first kappa shape index (κ1) is 20.0. The molecule has 2 aromatic rings. The van der Waals surface area contributed by atoms with Crippen molar-refractivity contribution in [2.75, 3.05) is 31.1 Å². The van der Waals surface area contributed by atoms with Crippen molar-refractivity contribution in [3.8, 4) is 5.75 Å². The molecule has 1 aliphatic heterocycles. The maximum atomic E-state index is 12.7. The van der Waals surface area contributed by atoms with Crippen molar-refractivity contribution < 1.29 is 18.3 Å². The summed E-state index contributed by atoms with van der Waals surface area (Å²) in [4.78, 5) is 25.7. The minimum Gasteiger partial charge on any atom is -0.435 e. The maximum Gasteiger partial charge on any atom is 0.387 e. The van der Waals surface area contributed by atoms with E-state index in [1.54, 1.807) is 11.0 Å². The van der Waals surface area contributed by atoms with Crippen molar-refractivity contribution in [3.63, 3.8) is 0 Å². The lowest BCUT2D eigenvalue weighted by molar-refractivity contribution is -0.0499. The fourth-order valence-corrected chi connectivity index (χ4v) is 3.12. The molecule has 1 aromatic carbocycles. The van der Waals surface area contributed by atoms with Gasteiger partial charge in [0.25, 0.3) is 5.91 Å². The molecule has 0 aliphatic carbocycles. The summed E-state index contributed by atoms with van der Waals surface area (Å²) in [6.45, 7) is 5.49. The van der Waals surface area contributed by atoms with E-state index in [9.17, 15) is 13.6 Å². The SMILES string of the molecule is Cc1cc(N2CCN(C(=O)c3cccc(OC(F)F)c3)CC2)nc(C(C)C)n1. The van der Waals surface area contributed by atoms with Gasteiger partial charge in [0.05, 0.1) is 0 Å². The smallest absolute Gasteiger partial charge is 0.387 e. The second kappa shape index (κ2) is 8.50. The average Bonchev–Trinajstić information content (AvgIpc) is 2.66. The van der Waals surface area contributed by atoms with Gasteiger partial charge in [-0.3, -0.25) is 4.79 Å². The largest absolute Gasteiger partial charge is 0.435 e. The zero-order valence-electron chi connectivity index (χ0n) is 16.2. The molecular weight excluding hydrogens is 366 g/mol. The van der Waals surface area contributed by atoms with Gasteiger partial charge in [-0.05, 0) is 25.1 Å². The van der Waals surface area contributed by atoms with E-state index in [-0.39, 0.29) is 17.6 Å². The van der Waals surface area contributed by atoms with E-state index in [4.69, 9.17) is 0 Å². The lowest BCUT2D eigenvalue weighted by Gasteiger charge is -2.35. The van der Waals surface area contributed by atoms with Crippen molar-refractivity contribution in [2.24, 2.45) is 0 Å². The number of aromatic nitrogens is 2. The molecule has 6 nitrogen and oxygen atoms in total. The van der Waals surface area contributed by atoms with Gasteiger partial charge in [0.1, 0.15) is 17.4 Å². The van der Waals surface area contributed by atoms with E-state index in [2.05, 4.69) is 33.5 Å². The lowest BCUT2D eigenvalue weighted by atomic mass is 10.1. The summed E-state index contributed by atoms with van der Waals surface area (Å²) in [5.74, 6) is 1.71. The number of carbonyl (C=O) groups is 1. The molecule has 3 rings (SSSR count). The molecule has 1 aliphatic rings. The molecule has 0 saturated carbocycles. The van der Waals surface area contributed by atoms with Crippen LogP contribution in [0.25, 0.3) is 0 Å². The number of carbonyl (C=O) groups excluding carboxylic acids is 1. The third-order valence-corrected chi connectivity index (χ3v) is 4.57. The van der Waals surface area contributed by atoms with Crippen LogP contribution in [0.4, 0.5) is 14.6 Å². The number of amides is 1. The summed E-state index contributed by atoms with van der Waals surface area (Å²) in [6.07, 6.45) is 0. The number of aryl methyl sites for hydroxylation is 1. The molecule has 1 aromatic heterocycles. The number of hydrogen-bond acceptors (Lipinski definition) is 5. The number of benzene rings is 1. The molecule has 1 saturated heterocycles. The highest BCUT2D eigenvalue weighted by Gasteiger charge is 2.24. The molecule has 0 spiro atoms. The summed E-state index contributed by atoms with van der Waals surface area (Å²) < 4.78 is 29.2. The lowest BCUT2D eigenvalue weighted by Crippen LogP contribution is -2.49. The van der Waals surface area contributed by atoms with E-state index >= 15 is 0 Å². The number of ether oxygens (including phenoxy) is 1. The minimum atomic E-state index is -2.92. The fourth-order valence-electron chi connectivity index (χ4n) is 3.12. The molecule has 0 atom stereocenters. The molecule has 0 unspecified atom stereocenters. The van der Waals surface area contributed by atoms with Gasteiger partial charge in [0, 0.05) is 49.4 Å². The van der Waals surface area contributed by atoms with Crippen LogP contribution in [-0.4, -0.2) is 53.6 Å². The molecule has 150 valence electrons. The van der Waals surface area contributed by atoms with Crippen molar-refractivity contribution >= 4 is 11.7 Å². The highest BCUT2D eigenvalue weighted by Crippen LogP contribution is 2.21. The summed E-state index contributed by atoms with van der Waals surface area (Å²) in [6, 6.07) is 7.86. The Morgan fingerprint density at radius 2 is 1.82 bits per heavy atom. The Bertz CT molecular complexity index is 837.